The van der Waals surface area contributed by atoms with E-state index in [2.05, 4.69) is 0 Å². The molecule has 28 heavy (non-hydrogen) atoms. The molecule has 4 nitrogen and oxygen atoms in total. The number of hydrogen-bond acceptors (Lipinski definition) is 2. The van der Waals surface area contributed by atoms with Crippen LogP contribution >= 0.6 is 0 Å². The molecule has 1 heterocycles. The van der Waals surface area contributed by atoms with Crippen LogP contribution in [-0.2, 0) is 4.79 Å². The largest absolute Gasteiger partial charge is 0.321 e. The van der Waals surface area contributed by atoms with Crippen molar-refractivity contribution in [3.8, 4) is 0 Å². The molecule has 0 aliphatic carbocycles. The molecule has 0 aromatic heterocycles. The van der Waals surface area contributed by atoms with Crippen LogP contribution in [0.2, 0.25) is 0 Å². The van der Waals surface area contributed by atoms with Gasteiger partial charge in [-0.2, -0.15) is 0 Å². The number of carbonyl (C=O) groups excluding carboxylic acids is 2. The first-order chi connectivity index (χ1) is 13.7. The standard InChI is InChI=1S/C24H22N2O2/c1-25-22(27)17-21(18-11-5-2-6-12-18)26(23(25)19-13-7-3-8-14-19)24(28)20-15-9-4-10-16-20/h2-16,21,23H,17H2,1H3/t21-,23+/m0/s1. The van der Waals surface area contributed by atoms with Gasteiger partial charge in [-0.25, -0.2) is 0 Å². The lowest BCUT2D eigenvalue weighted by Gasteiger charge is -2.47. The monoisotopic (exact) mass is 370 g/mol. The molecule has 0 unspecified atom stereocenters. The lowest BCUT2D eigenvalue weighted by Crippen LogP contribution is -2.52. The summed E-state index contributed by atoms with van der Waals surface area (Å²) in [6.45, 7) is 0. The van der Waals surface area contributed by atoms with E-state index in [-0.39, 0.29) is 24.3 Å². The van der Waals surface area contributed by atoms with Crippen LogP contribution in [0, 0.1) is 0 Å². The van der Waals surface area contributed by atoms with Crippen LogP contribution in [0.25, 0.3) is 0 Å². The zero-order valence-electron chi connectivity index (χ0n) is 15.7. The number of carbonyl (C=O) groups is 2. The molecule has 0 saturated carbocycles. The summed E-state index contributed by atoms with van der Waals surface area (Å²) in [5.41, 5.74) is 2.50. The van der Waals surface area contributed by atoms with E-state index in [1.807, 2.05) is 95.9 Å². The summed E-state index contributed by atoms with van der Waals surface area (Å²) in [4.78, 5) is 30.0. The molecule has 3 aromatic rings. The molecule has 0 radical (unpaired) electrons. The highest BCUT2D eigenvalue weighted by Gasteiger charge is 2.42. The van der Waals surface area contributed by atoms with Gasteiger partial charge in [0.2, 0.25) is 5.91 Å². The number of hydrogen-bond donors (Lipinski definition) is 0. The summed E-state index contributed by atoms with van der Waals surface area (Å²) in [5.74, 6) is -0.0533. The molecule has 2 amide bonds. The topological polar surface area (TPSA) is 40.6 Å². The Bertz CT molecular complexity index is 958. The molecule has 1 aliphatic rings. The van der Waals surface area contributed by atoms with Crippen LogP contribution in [0.4, 0.5) is 0 Å². The highest BCUT2D eigenvalue weighted by atomic mass is 16.2. The van der Waals surface area contributed by atoms with Crippen molar-refractivity contribution in [2.45, 2.75) is 18.6 Å². The van der Waals surface area contributed by atoms with Crippen molar-refractivity contribution < 1.29 is 9.59 Å². The molecular formula is C24H22N2O2. The number of rotatable bonds is 3. The first kappa shape index (κ1) is 18.0. The van der Waals surface area contributed by atoms with Gasteiger partial charge in [0.25, 0.3) is 5.91 Å². The third-order valence-electron chi connectivity index (χ3n) is 5.26. The predicted molar refractivity (Wildman–Crippen MR) is 108 cm³/mol. The quantitative estimate of drug-likeness (QED) is 0.684. The summed E-state index contributed by atoms with van der Waals surface area (Å²) in [7, 11) is 1.77. The Labute approximate surface area is 165 Å². The molecular weight excluding hydrogens is 348 g/mol. The lowest BCUT2D eigenvalue weighted by atomic mass is 9.94. The molecule has 1 saturated heterocycles. The van der Waals surface area contributed by atoms with Gasteiger partial charge in [-0.05, 0) is 23.3 Å². The molecule has 4 rings (SSSR count). The Hall–Kier alpha value is -3.40. The maximum absolute atomic E-state index is 13.6. The SMILES string of the molecule is CN1C(=O)C[C@@H](c2ccccc2)N(C(=O)c2ccccc2)[C@@H]1c1ccccc1. The second-order valence-electron chi connectivity index (χ2n) is 7.00. The maximum Gasteiger partial charge on any atom is 0.256 e. The third-order valence-corrected chi connectivity index (χ3v) is 5.26. The number of benzene rings is 3. The van der Waals surface area contributed by atoms with Crippen molar-refractivity contribution in [1.82, 2.24) is 9.80 Å². The van der Waals surface area contributed by atoms with E-state index in [9.17, 15) is 9.59 Å². The highest BCUT2D eigenvalue weighted by Crippen LogP contribution is 2.40. The van der Waals surface area contributed by atoms with Crippen molar-refractivity contribution >= 4 is 11.8 Å². The average Bonchev–Trinajstić information content (AvgIpc) is 2.76. The first-order valence-corrected chi connectivity index (χ1v) is 9.40. The van der Waals surface area contributed by atoms with Crippen LogP contribution in [0.15, 0.2) is 91.0 Å². The Morgan fingerprint density at radius 1 is 0.786 bits per heavy atom. The Morgan fingerprint density at radius 3 is 1.86 bits per heavy atom. The molecule has 1 fully saturated rings. The van der Waals surface area contributed by atoms with Crippen LogP contribution in [0.3, 0.4) is 0 Å². The van der Waals surface area contributed by atoms with E-state index < -0.39 is 6.17 Å². The van der Waals surface area contributed by atoms with Gasteiger partial charge >= 0.3 is 0 Å². The van der Waals surface area contributed by atoms with Crippen LogP contribution in [0.1, 0.15) is 40.1 Å². The second kappa shape index (κ2) is 7.69. The number of nitrogens with zero attached hydrogens (tertiary/aromatic N) is 2. The summed E-state index contributed by atoms with van der Waals surface area (Å²) in [6.07, 6.45) is -0.192. The minimum Gasteiger partial charge on any atom is -0.321 e. The molecule has 0 bridgehead atoms. The van der Waals surface area contributed by atoms with Gasteiger partial charge in [-0.3, -0.25) is 9.59 Å². The van der Waals surface area contributed by atoms with E-state index in [4.69, 9.17) is 0 Å². The fourth-order valence-corrected chi connectivity index (χ4v) is 3.85. The molecule has 2 atom stereocenters. The maximum atomic E-state index is 13.6. The summed E-state index contributed by atoms with van der Waals surface area (Å²) in [5, 5.41) is 0. The first-order valence-electron chi connectivity index (χ1n) is 9.40. The minimum absolute atomic E-state index is 0.0276. The zero-order valence-corrected chi connectivity index (χ0v) is 15.7. The van der Waals surface area contributed by atoms with E-state index in [0.717, 1.165) is 11.1 Å². The van der Waals surface area contributed by atoms with Crippen molar-refractivity contribution in [3.63, 3.8) is 0 Å². The van der Waals surface area contributed by atoms with Gasteiger partial charge in [0.15, 0.2) is 0 Å². The van der Waals surface area contributed by atoms with Gasteiger partial charge in [0.1, 0.15) is 6.17 Å². The van der Waals surface area contributed by atoms with Crippen LogP contribution in [-0.4, -0.2) is 28.7 Å². The van der Waals surface area contributed by atoms with Crippen LogP contribution in [0.5, 0.6) is 0 Å². The van der Waals surface area contributed by atoms with E-state index in [0.29, 0.717) is 5.56 Å². The molecule has 1 aliphatic heterocycles. The molecule has 3 aromatic carbocycles. The Morgan fingerprint density at radius 2 is 1.29 bits per heavy atom. The Balaban J connectivity index is 1.85. The fourth-order valence-electron chi connectivity index (χ4n) is 3.85. The zero-order chi connectivity index (χ0) is 19.5. The summed E-state index contributed by atoms with van der Waals surface area (Å²) < 4.78 is 0. The summed E-state index contributed by atoms with van der Waals surface area (Å²) >= 11 is 0. The molecule has 0 N–H and O–H groups in total. The van der Waals surface area contributed by atoms with Crippen molar-refractivity contribution in [1.29, 1.82) is 0 Å². The normalized spacial score (nSPS) is 19.5. The average molecular weight is 370 g/mol. The van der Waals surface area contributed by atoms with Gasteiger partial charge < -0.3 is 9.80 Å². The fraction of sp³-hybridized carbons (Fsp3) is 0.167. The van der Waals surface area contributed by atoms with E-state index >= 15 is 0 Å². The van der Waals surface area contributed by atoms with Gasteiger partial charge in [-0.15, -0.1) is 0 Å². The lowest BCUT2D eigenvalue weighted by molar-refractivity contribution is -0.144. The second-order valence-corrected chi connectivity index (χ2v) is 7.00. The smallest absolute Gasteiger partial charge is 0.256 e. The third kappa shape index (κ3) is 3.29. The van der Waals surface area contributed by atoms with Crippen molar-refractivity contribution in [2.75, 3.05) is 7.05 Å². The Kier molecular flexibility index (Phi) is 4.94. The number of amides is 2. The van der Waals surface area contributed by atoms with E-state index in [1.165, 1.54) is 0 Å². The van der Waals surface area contributed by atoms with Gasteiger partial charge in [0, 0.05) is 12.6 Å². The highest BCUT2D eigenvalue weighted by molar-refractivity contribution is 5.96. The van der Waals surface area contributed by atoms with Crippen molar-refractivity contribution in [3.05, 3.63) is 108 Å². The molecule has 140 valence electrons. The van der Waals surface area contributed by atoms with Gasteiger partial charge in [0.05, 0.1) is 12.5 Å². The predicted octanol–water partition coefficient (Wildman–Crippen LogP) is 4.43. The van der Waals surface area contributed by atoms with Crippen LogP contribution < -0.4 is 0 Å². The van der Waals surface area contributed by atoms with Crippen molar-refractivity contribution in [2.24, 2.45) is 0 Å². The van der Waals surface area contributed by atoms with Gasteiger partial charge in [-0.1, -0.05) is 78.9 Å². The van der Waals surface area contributed by atoms with E-state index in [1.54, 1.807) is 11.9 Å². The molecule has 0 spiro atoms. The minimum atomic E-state index is -0.458. The molecule has 4 heteroatoms. The summed E-state index contributed by atoms with van der Waals surface area (Å²) in [6, 6.07) is 28.5.